The monoisotopic (exact) mass is 413 g/mol. The molecule has 0 bridgehead atoms. The van der Waals surface area contributed by atoms with Crippen molar-refractivity contribution in [1.29, 1.82) is 0 Å². The molecular weight excluding hydrogens is 402 g/mol. The van der Waals surface area contributed by atoms with Crippen LogP contribution in [0.1, 0.15) is 21.6 Å². The highest BCUT2D eigenvalue weighted by Crippen LogP contribution is 2.34. The lowest BCUT2D eigenvalue weighted by Gasteiger charge is -2.13. The standard InChI is InChI=1S/C18H12Cl2F3N3O/c1-10-5-6-12(8-15(10)20)25-17(27)14-9-24-26(16(14)18(21,22)23)13-4-2-3-11(19)7-13/h2-9H,1H3,(H,25,27). The Hall–Kier alpha value is -2.51. The molecule has 0 saturated carbocycles. The van der Waals surface area contributed by atoms with Crippen LogP contribution in [0.3, 0.4) is 0 Å². The summed E-state index contributed by atoms with van der Waals surface area (Å²) in [6, 6.07) is 10.4. The van der Waals surface area contributed by atoms with Crippen molar-refractivity contribution in [2.75, 3.05) is 5.32 Å². The average molecular weight is 414 g/mol. The molecule has 0 unspecified atom stereocenters. The molecule has 3 rings (SSSR count). The minimum Gasteiger partial charge on any atom is -0.322 e. The molecule has 1 N–H and O–H groups in total. The number of nitrogens with zero attached hydrogens (tertiary/aromatic N) is 2. The Balaban J connectivity index is 2.02. The molecule has 0 fully saturated rings. The molecule has 0 aliphatic carbocycles. The summed E-state index contributed by atoms with van der Waals surface area (Å²) < 4.78 is 41.6. The largest absolute Gasteiger partial charge is 0.434 e. The van der Waals surface area contributed by atoms with E-state index >= 15 is 0 Å². The molecule has 0 atom stereocenters. The molecule has 3 aromatic rings. The molecular formula is C18H12Cl2F3N3O. The van der Waals surface area contributed by atoms with Crippen LogP contribution in [0.25, 0.3) is 5.69 Å². The second kappa shape index (κ2) is 7.25. The Morgan fingerprint density at radius 1 is 1.15 bits per heavy atom. The molecule has 4 nitrogen and oxygen atoms in total. The number of nitrogens with one attached hydrogen (secondary N) is 1. The second-order valence-corrected chi connectivity index (χ2v) is 6.56. The SMILES string of the molecule is Cc1ccc(NC(=O)c2cnn(-c3cccc(Cl)c3)c2C(F)(F)F)cc1Cl. The third-order valence-electron chi connectivity index (χ3n) is 3.76. The van der Waals surface area contributed by atoms with Crippen LogP contribution in [0.15, 0.2) is 48.7 Å². The minimum atomic E-state index is -4.81. The van der Waals surface area contributed by atoms with Gasteiger partial charge in [0, 0.05) is 15.7 Å². The van der Waals surface area contributed by atoms with Crippen LogP contribution in [0.2, 0.25) is 10.0 Å². The number of amides is 1. The number of benzene rings is 2. The number of carbonyl (C=O) groups is 1. The van der Waals surface area contributed by atoms with E-state index < -0.39 is 23.3 Å². The Bertz CT molecular complexity index is 1020. The molecule has 27 heavy (non-hydrogen) atoms. The van der Waals surface area contributed by atoms with E-state index in [2.05, 4.69) is 10.4 Å². The summed E-state index contributed by atoms with van der Waals surface area (Å²) in [4.78, 5) is 12.5. The van der Waals surface area contributed by atoms with Gasteiger partial charge in [-0.05, 0) is 42.8 Å². The lowest BCUT2D eigenvalue weighted by molar-refractivity contribution is -0.143. The van der Waals surface area contributed by atoms with Crippen molar-refractivity contribution in [2.24, 2.45) is 0 Å². The molecule has 1 heterocycles. The zero-order valence-electron chi connectivity index (χ0n) is 13.8. The predicted octanol–water partition coefficient (Wildman–Crippen LogP) is 5.76. The Labute approximate surface area is 162 Å². The fraction of sp³-hybridized carbons (Fsp3) is 0.111. The predicted molar refractivity (Wildman–Crippen MR) is 97.7 cm³/mol. The highest BCUT2D eigenvalue weighted by atomic mass is 35.5. The van der Waals surface area contributed by atoms with Gasteiger partial charge in [-0.1, -0.05) is 35.3 Å². The number of halogens is 5. The quantitative estimate of drug-likeness (QED) is 0.593. The van der Waals surface area contributed by atoms with E-state index in [4.69, 9.17) is 23.2 Å². The first-order chi connectivity index (χ1) is 12.7. The van der Waals surface area contributed by atoms with E-state index in [-0.39, 0.29) is 16.4 Å². The van der Waals surface area contributed by atoms with Gasteiger partial charge in [-0.2, -0.15) is 18.3 Å². The minimum absolute atomic E-state index is 0.0901. The summed E-state index contributed by atoms with van der Waals surface area (Å²) in [5, 5.41) is 6.79. The highest BCUT2D eigenvalue weighted by Gasteiger charge is 2.40. The van der Waals surface area contributed by atoms with Gasteiger partial charge in [0.25, 0.3) is 5.91 Å². The van der Waals surface area contributed by atoms with Gasteiger partial charge >= 0.3 is 6.18 Å². The first-order valence-corrected chi connectivity index (χ1v) is 8.41. The molecule has 140 valence electrons. The molecule has 0 aliphatic heterocycles. The first-order valence-electron chi connectivity index (χ1n) is 7.65. The third-order valence-corrected chi connectivity index (χ3v) is 4.41. The molecule has 0 radical (unpaired) electrons. The number of alkyl halides is 3. The zero-order valence-corrected chi connectivity index (χ0v) is 15.3. The summed E-state index contributed by atoms with van der Waals surface area (Å²) in [5.74, 6) is -0.949. The lowest BCUT2D eigenvalue weighted by Crippen LogP contribution is -2.20. The van der Waals surface area contributed by atoms with Gasteiger partial charge < -0.3 is 5.32 Å². The summed E-state index contributed by atoms with van der Waals surface area (Å²) in [6.45, 7) is 1.77. The molecule has 0 saturated heterocycles. The van der Waals surface area contributed by atoms with Gasteiger partial charge in [0.1, 0.15) is 0 Å². The van der Waals surface area contributed by atoms with Gasteiger partial charge in [0.2, 0.25) is 0 Å². The summed E-state index contributed by atoms with van der Waals surface area (Å²) in [7, 11) is 0. The Morgan fingerprint density at radius 2 is 1.89 bits per heavy atom. The first kappa shape index (κ1) is 19.3. The van der Waals surface area contributed by atoms with Crippen molar-refractivity contribution in [2.45, 2.75) is 13.1 Å². The van der Waals surface area contributed by atoms with Gasteiger partial charge in [0.15, 0.2) is 5.69 Å². The van der Waals surface area contributed by atoms with E-state index in [1.54, 1.807) is 19.1 Å². The van der Waals surface area contributed by atoms with Crippen molar-refractivity contribution in [3.05, 3.63) is 75.5 Å². The van der Waals surface area contributed by atoms with Crippen molar-refractivity contribution < 1.29 is 18.0 Å². The van der Waals surface area contributed by atoms with Crippen LogP contribution in [0.5, 0.6) is 0 Å². The smallest absolute Gasteiger partial charge is 0.322 e. The highest BCUT2D eigenvalue weighted by molar-refractivity contribution is 6.31. The van der Waals surface area contributed by atoms with E-state index in [0.717, 1.165) is 11.8 Å². The van der Waals surface area contributed by atoms with E-state index in [1.165, 1.54) is 30.3 Å². The van der Waals surface area contributed by atoms with Crippen molar-refractivity contribution >= 4 is 34.8 Å². The second-order valence-electron chi connectivity index (χ2n) is 5.71. The zero-order chi connectivity index (χ0) is 19.8. The fourth-order valence-corrected chi connectivity index (χ4v) is 2.83. The van der Waals surface area contributed by atoms with Crippen LogP contribution in [0.4, 0.5) is 18.9 Å². The van der Waals surface area contributed by atoms with Crippen LogP contribution >= 0.6 is 23.2 Å². The van der Waals surface area contributed by atoms with E-state index in [9.17, 15) is 18.0 Å². The van der Waals surface area contributed by atoms with Crippen LogP contribution in [0, 0.1) is 6.92 Å². The van der Waals surface area contributed by atoms with Gasteiger partial charge in [-0.25, -0.2) is 4.68 Å². The van der Waals surface area contributed by atoms with E-state index in [1.807, 2.05) is 0 Å². The third kappa shape index (κ3) is 4.09. The maximum Gasteiger partial charge on any atom is 0.434 e. The maximum absolute atomic E-state index is 13.6. The van der Waals surface area contributed by atoms with E-state index in [0.29, 0.717) is 9.70 Å². The van der Waals surface area contributed by atoms with Crippen molar-refractivity contribution in [3.8, 4) is 5.69 Å². The Morgan fingerprint density at radius 3 is 2.52 bits per heavy atom. The molecule has 0 aliphatic rings. The van der Waals surface area contributed by atoms with Crippen LogP contribution in [-0.2, 0) is 6.18 Å². The number of rotatable bonds is 3. The molecule has 2 aromatic carbocycles. The number of carbonyl (C=O) groups excluding carboxylic acids is 1. The number of anilines is 1. The molecule has 9 heteroatoms. The number of hydrogen-bond acceptors (Lipinski definition) is 2. The van der Waals surface area contributed by atoms with Gasteiger partial charge in [-0.15, -0.1) is 0 Å². The molecule has 1 aromatic heterocycles. The Kier molecular flexibility index (Phi) is 5.17. The summed E-state index contributed by atoms with van der Waals surface area (Å²) in [5.41, 5.74) is -0.662. The average Bonchev–Trinajstić information content (AvgIpc) is 3.04. The maximum atomic E-state index is 13.6. The van der Waals surface area contributed by atoms with Gasteiger partial charge in [0.05, 0.1) is 17.4 Å². The number of aryl methyl sites for hydroxylation is 1. The topological polar surface area (TPSA) is 46.9 Å². The summed E-state index contributed by atoms with van der Waals surface area (Å²) >= 11 is 11.8. The normalized spacial score (nSPS) is 11.5. The van der Waals surface area contributed by atoms with Gasteiger partial charge in [-0.3, -0.25) is 4.79 Å². The van der Waals surface area contributed by atoms with Crippen molar-refractivity contribution in [3.63, 3.8) is 0 Å². The fourth-order valence-electron chi connectivity index (χ4n) is 2.46. The number of aromatic nitrogens is 2. The molecule has 1 amide bonds. The van der Waals surface area contributed by atoms with Crippen molar-refractivity contribution in [1.82, 2.24) is 9.78 Å². The lowest BCUT2D eigenvalue weighted by atomic mass is 10.2. The number of hydrogen-bond donors (Lipinski definition) is 1. The van der Waals surface area contributed by atoms with Crippen LogP contribution < -0.4 is 5.32 Å². The summed E-state index contributed by atoms with van der Waals surface area (Å²) in [6.07, 6.45) is -3.94. The molecule has 0 spiro atoms. The van der Waals surface area contributed by atoms with Crippen LogP contribution in [-0.4, -0.2) is 15.7 Å².